The summed E-state index contributed by atoms with van der Waals surface area (Å²) in [7, 11) is 0. The zero-order valence-electron chi connectivity index (χ0n) is 17.8. The molecule has 1 N–H and O–H groups in total. The summed E-state index contributed by atoms with van der Waals surface area (Å²) in [6, 6.07) is 13.4. The molecule has 1 aliphatic heterocycles. The number of nitrogens with one attached hydrogen (secondary N) is 1. The van der Waals surface area contributed by atoms with E-state index in [2.05, 4.69) is 37.2 Å². The molecular formula is C24H12Br2Cl4N2O3S. The Morgan fingerprint density at radius 1 is 0.972 bits per heavy atom. The number of benzene rings is 3. The topological polar surface area (TPSA) is 58.6 Å². The Bertz CT molecular complexity index is 1440. The summed E-state index contributed by atoms with van der Waals surface area (Å²) in [6.45, 7) is 0.196. The number of rotatable bonds is 5. The summed E-state index contributed by atoms with van der Waals surface area (Å²) in [5.74, 6) is -0.765. The Balaban J connectivity index is 1.63. The molecule has 0 atom stereocenters. The minimum atomic E-state index is -0.641. The van der Waals surface area contributed by atoms with Crippen LogP contribution in [-0.4, -0.2) is 16.9 Å². The lowest BCUT2D eigenvalue weighted by atomic mass is 10.1. The largest absolute Gasteiger partial charge is 0.486 e. The number of hydrogen-bond donors (Lipinski definition) is 1. The van der Waals surface area contributed by atoms with Crippen LogP contribution in [0.4, 0.5) is 5.69 Å². The van der Waals surface area contributed by atoms with Crippen LogP contribution in [0.1, 0.15) is 11.1 Å². The zero-order chi connectivity index (χ0) is 26.1. The van der Waals surface area contributed by atoms with Crippen LogP contribution in [0, 0.1) is 0 Å². The number of thiocarbonyl (C=S) groups is 1. The molecule has 1 aliphatic rings. The maximum Gasteiger partial charge on any atom is 0.270 e. The lowest BCUT2D eigenvalue weighted by molar-refractivity contribution is -0.122. The standard InChI is InChI=1S/C24H12Br2Cl4N2O3S/c25-15-7-11(8-16(26)21(15)35-10-12-4-5-13(27)9-18(12)29)6-14-22(33)31-24(36)32(23(14)34)19-3-1-2-17(28)20(19)30/h1-9H,10H2,(H,31,33,36)/b14-6+. The summed E-state index contributed by atoms with van der Waals surface area (Å²) in [5, 5.41) is 3.82. The van der Waals surface area contributed by atoms with Crippen molar-refractivity contribution in [3.05, 3.63) is 94.3 Å². The average Bonchev–Trinajstić information content (AvgIpc) is 2.80. The Morgan fingerprint density at radius 3 is 2.33 bits per heavy atom. The highest BCUT2D eigenvalue weighted by Crippen LogP contribution is 2.38. The highest BCUT2D eigenvalue weighted by molar-refractivity contribution is 9.11. The van der Waals surface area contributed by atoms with Gasteiger partial charge in [0.25, 0.3) is 11.8 Å². The third-order valence-electron chi connectivity index (χ3n) is 4.99. The summed E-state index contributed by atoms with van der Waals surface area (Å²) in [5.41, 5.74) is 1.43. The summed E-state index contributed by atoms with van der Waals surface area (Å²) in [4.78, 5) is 27.1. The van der Waals surface area contributed by atoms with Crippen LogP contribution in [-0.2, 0) is 16.2 Å². The maximum absolute atomic E-state index is 13.3. The minimum Gasteiger partial charge on any atom is -0.486 e. The van der Waals surface area contributed by atoms with E-state index in [9.17, 15) is 9.59 Å². The van der Waals surface area contributed by atoms with Crippen molar-refractivity contribution >= 4 is 119 Å². The quantitative estimate of drug-likeness (QED) is 0.165. The monoisotopic (exact) mass is 706 g/mol. The summed E-state index contributed by atoms with van der Waals surface area (Å²) < 4.78 is 7.11. The third-order valence-corrected chi connectivity index (χ3v) is 7.85. The van der Waals surface area contributed by atoms with E-state index in [1.807, 2.05) is 0 Å². The van der Waals surface area contributed by atoms with E-state index in [0.717, 1.165) is 10.5 Å². The molecule has 0 spiro atoms. The van der Waals surface area contributed by atoms with Crippen molar-refractivity contribution in [2.75, 3.05) is 4.90 Å². The van der Waals surface area contributed by atoms with Crippen molar-refractivity contribution in [3.8, 4) is 5.75 Å². The van der Waals surface area contributed by atoms with Crippen molar-refractivity contribution in [2.45, 2.75) is 6.61 Å². The predicted molar refractivity (Wildman–Crippen MR) is 155 cm³/mol. The van der Waals surface area contributed by atoms with Gasteiger partial charge in [-0.25, -0.2) is 0 Å². The summed E-state index contributed by atoms with van der Waals surface area (Å²) in [6.07, 6.45) is 1.44. The molecule has 184 valence electrons. The van der Waals surface area contributed by atoms with Crippen LogP contribution >= 0.6 is 90.5 Å². The molecule has 0 aliphatic carbocycles. The highest BCUT2D eigenvalue weighted by atomic mass is 79.9. The number of ether oxygens (including phenoxy) is 1. The first-order valence-corrected chi connectivity index (χ1v) is 13.5. The molecule has 0 unspecified atom stereocenters. The van der Waals surface area contributed by atoms with Gasteiger partial charge < -0.3 is 4.74 Å². The van der Waals surface area contributed by atoms with Crippen LogP contribution in [0.25, 0.3) is 6.08 Å². The van der Waals surface area contributed by atoms with Crippen molar-refractivity contribution < 1.29 is 14.3 Å². The number of nitrogens with zero attached hydrogens (tertiary/aromatic N) is 1. The van der Waals surface area contributed by atoms with Gasteiger partial charge in [-0.05, 0) is 92.1 Å². The second-order valence-corrected chi connectivity index (χ2v) is 11.1. The first kappa shape index (κ1) is 27.4. The van der Waals surface area contributed by atoms with Crippen LogP contribution in [0.3, 0.4) is 0 Å². The van der Waals surface area contributed by atoms with Gasteiger partial charge in [0.15, 0.2) is 5.11 Å². The first-order chi connectivity index (χ1) is 17.1. The van der Waals surface area contributed by atoms with Gasteiger partial charge in [-0.15, -0.1) is 0 Å². The molecule has 36 heavy (non-hydrogen) atoms. The number of anilines is 1. The van der Waals surface area contributed by atoms with Crippen molar-refractivity contribution in [1.82, 2.24) is 5.32 Å². The van der Waals surface area contributed by atoms with Gasteiger partial charge in [0, 0.05) is 15.6 Å². The van der Waals surface area contributed by atoms with Crippen molar-refractivity contribution in [3.63, 3.8) is 0 Å². The summed E-state index contributed by atoms with van der Waals surface area (Å²) >= 11 is 36.8. The van der Waals surface area contributed by atoms with Crippen molar-refractivity contribution in [1.29, 1.82) is 0 Å². The molecule has 1 saturated heterocycles. The van der Waals surface area contributed by atoms with Crippen LogP contribution in [0.5, 0.6) is 5.75 Å². The average molecular weight is 710 g/mol. The van der Waals surface area contributed by atoms with E-state index in [-0.39, 0.29) is 33.0 Å². The Morgan fingerprint density at radius 2 is 1.67 bits per heavy atom. The molecule has 0 radical (unpaired) electrons. The van der Waals surface area contributed by atoms with Crippen LogP contribution in [0.2, 0.25) is 20.1 Å². The van der Waals surface area contributed by atoms with Crippen LogP contribution in [0.15, 0.2) is 63.0 Å². The third kappa shape index (κ3) is 5.75. The predicted octanol–water partition coefficient (Wildman–Crippen LogP) is 8.24. The molecule has 4 rings (SSSR count). The smallest absolute Gasteiger partial charge is 0.270 e. The van der Waals surface area contributed by atoms with Gasteiger partial charge in [-0.3, -0.25) is 19.8 Å². The number of carbonyl (C=O) groups is 2. The van der Waals surface area contributed by atoms with Gasteiger partial charge >= 0.3 is 0 Å². The lowest BCUT2D eigenvalue weighted by Gasteiger charge is -2.29. The maximum atomic E-state index is 13.3. The molecule has 2 amide bonds. The molecule has 0 bridgehead atoms. The van der Waals surface area contributed by atoms with Gasteiger partial charge in [0.2, 0.25) is 0 Å². The molecule has 3 aromatic rings. The minimum absolute atomic E-state index is 0.0988. The number of carbonyl (C=O) groups excluding carboxylic acids is 2. The fraction of sp³-hybridized carbons (Fsp3) is 0.0417. The van der Waals surface area contributed by atoms with E-state index in [0.29, 0.717) is 30.3 Å². The zero-order valence-corrected chi connectivity index (χ0v) is 24.8. The Kier molecular flexibility index (Phi) is 8.67. The first-order valence-electron chi connectivity index (χ1n) is 9.98. The van der Waals surface area contributed by atoms with E-state index in [1.54, 1.807) is 48.5 Å². The fourth-order valence-corrected chi connectivity index (χ4v) is 5.87. The lowest BCUT2D eigenvalue weighted by Crippen LogP contribution is -2.54. The van der Waals surface area contributed by atoms with Gasteiger partial charge in [0.05, 0.1) is 24.7 Å². The molecule has 0 saturated carbocycles. The molecular weight excluding hydrogens is 698 g/mol. The second-order valence-electron chi connectivity index (χ2n) is 7.37. The van der Waals surface area contributed by atoms with E-state index < -0.39 is 11.8 Å². The second kappa shape index (κ2) is 11.4. The highest BCUT2D eigenvalue weighted by Gasteiger charge is 2.35. The molecule has 12 heteroatoms. The molecule has 5 nitrogen and oxygen atoms in total. The number of halogens is 6. The number of amides is 2. The van der Waals surface area contributed by atoms with E-state index in [1.165, 1.54) is 6.08 Å². The van der Waals surface area contributed by atoms with Crippen molar-refractivity contribution in [2.24, 2.45) is 0 Å². The SMILES string of the molecule is O=C1NC(=S)N(c2cccc(Cl)c2Cl)C(=O)/C1=C/c1cc(Br)c(OCc2ccc(Cl)cc2Cl)c(Br)c1. The molecule has 0 aromatic heterocycles. The number of hydrogen-bond acceptors (Lipinski definition) is 4. The van der Waals surface area contributed by atoms with E-state index in [4.69, 9.17) is 63.4 Å². The molecule has 1 fully saturated rings. The normalized spacial score (nSPS) is 14.9. The van der Waals surface area contributed by atoms with Gasteiger partial charge in [0.1, 0.15) is 17.9 Å². The van der Waals surface area contributed by atoms with E-state index >= 15 is 0 Å². The van der Waals surface area contributed by atoms with Crippen LogP contribution < -0.4 is 15.0 Å². The Labute approximate surface area is 248 Å². The molecule has 1 heterocycles. The molecule has 3 aromatic carbocycles. The van der Waals surface area contributed by atoms with Gasteiger partial charge in [-0.1, -0.05) is 58.5 Å². The fourth-order valence-electron chi connectivity index (χ4n) is 3.30. The van der Waals surface area contributed by atoms with Gasteiger partial charge in [-0.2, -0.15) is 0 Å². The Hall–Kier alpha value is -1.65.